The van der Waals surface area contributed by atoms with Crippen LogP contribution in [0.4, 0.5) is 4.79 Å². The third kappa shape index (κ3) is 3.89. The zero-order valence-electron chi connectivity index (χ0n) is 12.3. The van der Waals surface area contributed by atoms with Gasteiger partial charge in [0.25, 0.3) is 0 Å². The van der Waals surface area contributed by atoms with Gasteiger partial charge in [0, 0.05) is 11.9 Å². The van der Waals surface area contributed by atoms with Crippen LogP contribution in [0.1, 0.15) is 45.2 Å². The van der Waals surface area contributed by atoms with E-state index in [-0.39, 0.29) is 17.5 Å². The van der Waals surface area contributed by atoms with Crippen LogP contribution in [0.15, 0.2) is 30.3 Å². The van der Waals surface area contributed by atoms with E-state index in [1.54, 1.807) is 4.90 Å². The number of alkyl halides is 1. The van der Waals surface area contributed by atoms with Gasteiger partial charge >= 0.3 is 6.09 Å². The molecule has 0 radical (unpaired) electrons. The van der Waals surface area contributed by atoms with Crippen LogP contribution in [0.2, 0.25) is 0 Å². The molecule has 0 N–H and O–H groups in total. The summed E-state index contributed by atoms with van der Waals surface area (Å²) in [5.41, 5.74) is 0.638. The smallest absolute Gasteiger partial charge is 0.410 e. The van der Waals surface area contributed by atoms with Crippen LogP contribution in [0.5, 0.6) is 0 Å². The van der Waals surface area contributed by atoms with Gasteiger partial charge in [0.2, 0.25) is 0 Å². The zero-order chi connectivity index (χ0) is 14.8. The minimum Gasteiger partial charge on any atom is -0.444 e. The van der Waals surface area contributed by atoms with Gasteiger partial charge in [0.15, 0.2) is 0 Å². The molecule has 0 spiro atoms. The molecule has 1 aromatic carbocycles. The Morgan fingerprint density at radius 1 is 1.30 bits per heavy atom. The van der Waals surface area contributed by atoms with Crippen molar-refractivity contribution in [1.29, 1.82) is 0 Å². The van der Waals surface area contributed by atoms with Gasteiger partial charge in [-0.1, -0.05) is 30.3 Å². The summed E-state index contributed by atoms with van der Waals surface area (Å²) in [5.74, 6) is 0. The van der Waals surface area contributed by atoms with Gasteiger partial charge < -0.3 is 9.64 Å². The van der Waals surface area contributed by atoms with E-state index in [0.717, 1.165) is 18.4 Å². The predicted molar refractivity (Wildman–Crippen MR) is 81.0 cm³/mol. The minimum atomic E-state index is -0.476. The third-order valence-corrected chi connectivity index (χ3v) is 3.75. The summed E-state index contributed by atoms with van der Waals surface area (Å²) in [5, 5.41) is 0.110. The molecule has 0 aromatic heterocycles. The highest BCUT2D eigenvalue weighted by Crippen LogP contribution is 2.34. The average Bonchev–Trinajstić information content (AvgIpc) is 2.37. The van der Waals surface area contributed by atoms with Gasteiger partial charge in [-0.2, -0.15) is 0 Å². The lowest BCUT2D eigenvalue weighted by Crippen LogP contribution is -2.44. The number of hydrogen-bond acceptors (Lipinski definition) is 2. The number of amides is 1. The SMILES string of the molecule is CC(C)(C)OC(=O)N1CCC(Cl)CC1c1ccccc1. The van der Waals surface area contributed by atoms with E-state index in [1.807, 2.05) is 51.1 Å². The Morgan fingerprint density at radius 3 is 2.55 bits per heavy atom. The summed E-state index contributed by atoms with van der Waals surface area (Å²) < 4.78 is 5.51. The summed E-state index contributed by atoms with van der Waals surface area (Å²) in [4.78, 5) is 14.2. The van der Waals surface area contributed by atoms with Gasteiger partial charge in [-0.05, 0) is 39.2 Å². The highest BCUT2D eigenvalue weighted by molar-refractivity contribution is 6.20. The quantitative estimate of drug-likeness (QED) is 0.720. The van der Waals surface area contributed by atoms with Gasteiger partial charge in [-0.3, -0.25) is 0 Å². The van der Waals surface area contributed by atoms with Gasteiger partial charge in [0.1, 0.15) is 5.60 Å². The number of nitrogens with zero attached hydrogens (tertiary/aromatic N) is 1. The van der Waals surface area contributed by atoms with E-state index in [1.165, 1.54) is 0 Å². The maximum atomic E-state index is 12.4. The van der Waals surface area contributed by atoms with Crippen molar-refractivity contribution >= 4 is 17.7 Å². The van der Waals surface area contributed by atoms with Crippen molar-refractivity contribution in [3.05, 3.63) is 35.9 Å². The minimum absolute atomic E-state index is 0.00213. The molecule has 1 aliphatic rings. The number of carbonyl (C=O) groups is 1. The normalized spacial score (nSPS) is 23.5. The molecule has 2 rings (SSSR count). The highest BCUT2D eigenvalue weighted by atomic mass is 35.5. The lowest BCUT2D eigenvalue weighted by molar-refractivity contribution is 0.00990. The maximum absolute atomic E-state index is 12.4. The van der Waals surface area contributed by atoms with Crippen LogP contribution >= 0.6 is 11.6 Å². The number of carbonyl (C=O) groups excluding carboxylic acids is 1. The van der Waals surface area contributed by atoms with E-state index >= 15 is 0 Å². The highest BCUT2D eigenvalue weighted by Gasteiger charge is 2.34. The topological polar surface area (TPSA) is 29.5 Å². The Morgan fingerprint density at radius 2 is 1.95 bits per heavy atom. The van der Waals surface area contributed by atoms with Crippen LogP contribution in [-0.4, -0.2) is 28.5 Å². The zero-order valence-corrected chi connectivity index (χ0v) is 13.1. The van der Waals surface area contributed by atoms with Crippen LogP contribution in [0.3, 0.4) is 0 Å². The first kappa shape index (κ1) is 15.2. The Hall–Kier alpha value is -1.22. The molecule has 4 heteroatoms. The summed E-state index contributed by atoms with van der Waals surface area (Å²) in [6.07, 6.45) is 1.32. The van der Waals surface area contributed by atoms with E-state index in [2.05, 4.69) is 0 Å². The molecule has 1 saturated heterocycles. The van der Waals surface area contributed by atoms with Crippen LogP contribution in [0, 0.1) is 0 Å². The molecule has 1 aliphatic heterocycles. The van der Waals surface area contributed by atoms with Crippen molar-refractivity contribution in [2.45, 2.75) is 50.6 Å². The third-order valence-electron chi connectivity index (χ3n) is 3.35. The molecule has 1 fully saturated rings. The fourth-order valence-corrected chi connectivity index (χ4v) is 2.72. The molecule has 110 valence electrons. The predicted octanol–water partition coefficient (Wildman–Crippen LogP) is 4.37. The fraction of sp³-hybridized carbons (Fsp3) is 0.562. The standard InChI is InChI=1S/C16H22ClNO2/c1-16(2,3)20-15(19)18-10-9-13(17)11-14(18)12-7-5-4-6-8-12/h4-8,13-14H,9-11H2,1-3H3. The molecule has 2 unspecified atom stereocenters. The molecule has 3 nitrogen and oxygen atoms in total. The Balaban J connectivity index is 2.19. The molecule has 0 saturated carbocycles. The van der Waals surface area contributed by atoms with Crippen LogP contribution < -0.4 is 0 Å². The van der Waals surface area contributed by atoms with Crippen molar-refractivity contribution in [1.82, 2.24) is 4.90 Å². The van der Waals surface area contributed by atoms with E-state index in [4.69, 9.17) is 16.3 Å². The number of rotatable bonds is 1. The second-order valence-corrected chi connectivity index (χ2v) is 6.84. The van der Waals surface area contributed by atoms with Gasteiger partial charge in [-0.25, -0.2) is 4.79 Å². The second-order valence-electron chi connectivity index (χ2n) is 6.22. The number of piperidine rings is 1. The number of ether oxygens (including phenoxy) is 1. The lowest BCUT2D eigenvalue weighted by Gasteiger charge is -2.38. The lowest BCUT2D eigenvalue weighted by atomic mass is 9.95. The Kier molecular flexibility index (Phi) is 4.59. The first-order valence-electron chi connectivity index (χ1n) is 7.05. The van der Waals surface area contributed by atoms with Crippen LogP contribution in [-0.2, 0) is 4.74 Å². The van der Waals surface area contributed by atoms with Gasteiger partial charge in [-0.15, -0.1) is 11.6 Å². The summed E-state index contributed by atoms with van der Waals surface area (Å²) in [6.45, 7) is 6.30. The number of halogens is 1. The largest absolute Gasteiger partial charge is 0.444 e. The molecule has 2 atom stereocenters. The molecule has 1 amide bonds. The van der Waals surface area contributed by atoms with E-state index < -0.39 is 5.60 Å². The van der Waals surface area contributed by atoms with Crippen molar-refractivity contribution < 1.29 is 9.53 Å². The van der Waals surface area contributed by atoms with Crippen molar-refractivity contribution in [3.63, 3.8) is 0 Å². The monoisotopic (exact) mass is 295 g/mol. The fourth-order valence-electron chi connectivity index (χ4n) is 2.45. The number of likely N-dealkylation sites (tertiary alicyclic amines) is 1. The first-order valence-corrected chi connectivity index (χ1v) is 7.49. The molecule has 1 heterocycles. The second kappa shape index (κ2) is 6.04. The molecular formula is C16H22ClNO2. The molecule has 0 aliphatic carbocycles. The average molecular weight is 296 g/mol. The van der Waals surface area contributed by atoms with E-state index in [9.17, 15) is 4.79 Å². The molecule has 1 aromatic rings. The van der Waals surface area contributed by atoms with Crippen LogP contribution in [0.25, 0.3) is 0 Å². The van der Waals surface area contributed by atoms with Crippen molar-refractivity contribution in [2.75, 3.05) is 6.54 Å². The van der Waals surface area contributed by atoms with Crippen molar-refractivity contribution in [3.8, 4) is 0 Å². The number of benzene rings is 1. The first-order chi connectivity index (χ1) is 9.37. The van der Waals surface area contributed by atoms with Crippen molar-refractivity contribution in [2.24, 2.45) is 0 Å². The number of hydrogen-bond donors (Lipinski definition) is 0. The summed E-state index contributed by atoms with van der Waals surface area (Å²) in [7, 11) is 0. The maximum Gasteiger partial charge on any atom is 0.410 e. The summed E-state index contributed by atoms with van der Waals surface area (Å²) in [6, 6.07) is 10.0. The van der Waals surface area contributed by atoms with Gasteiger partial charge in [0.05, 0.1) is 6.04 Å². The Bertz CT molecular complexity index is 455. The molecule has 0 bridgehead atoms. The Labute approximate surface area is 125 Å². The van der Waals surface area contributed by atoms with E-state index in [0.29, 0.717) is 6.54 Å². The molecular weight excluding hydrogens is 274 g/mol. The molecule has 20 heavy (non-hydrogen) atoms. The summed E-state index contributed by atoms with van der Waals surface area (Å²) >= 11 is 6.29.